The molecule has 11 heteroatoms. The molecule has 3 aromatic carbocycles. The molecule has 4 unspecified atom stereocenters. The number of hydrazone groups is 4. The van der Waals surface area contributed by atoms with E-state index in [0.717, 1.165) is 80.8 Å². The minimum absolute atomic E-state index is 0.0938. The highest BCUT2D eigenvalue weighted by molar-refractivity contribution is 5.85. The van der Waals surface area contributed by atoms with Crippen LogP contribution in [0.3, 0.4) is 0 Å². The van der Waals surface area contributed by atoms with Gasteiger partial charge in [0, 0.05) is 69.7 Å². The summed E-state index contributed by atoms with van der Waals surface area (Å²) in [5.41, 5.74) is 9.41. The van der Waals surface area contributed by atoms with Crippen molar-refractivity contribution in [1.29, 1.82) is 0 Å². The van der Waals surface area contributed by atoms with Crippen LogP contribution in [0.25, 0.3) is 6.08 Å². The lowest BCUT2D eigenvalue weighted by Gasteiger charge is -2.56. The van der Waals surface area contributed by atoms with Crippen LogP contribution in [0.4, 0.5) is 0 Å². The largest absolute Gasteiger partial charge is 0.307 e. The Hall–Kier alpha value is -5.97. The summed E-state index contributed by atoms with van der Waals surface area (Å²) < 4.78 is 0. The quantitative estimate of drug-likeness (QED) is 0.188. The van der Waals surface area contributed by atoms with Crippen molar-refractivity contribution in [3.63, 3.8) is 0 Å². The third-order valence-corrected chi connectivity index (χ3v) is 12.2. The van der Waals surface area contributed by atoms with Crippen LogP contribution in [0, 0.1) is 23.2 Å². The normalized spacial score (nSPS) is 27.6. The van der Waals surface area contributed by atoms with Crippen LogP contribution in [0.2, 0.25) is 0 Å². The first-order valence-corrected chi connectivity index (χ1v) is 22.2. The average Bonchev–Trinajstić information content (AvgIpc) is 4.16. The van der Waals surface area contributed by atoms with E-state index in [4.69, 9.17) is 0 Å². The van der Waals surface area contributed by atoms with Crippen molar-refractivity contribution >= 4 is 49.4 Å². The smallest absolute Gasteiger partial charge is 0.249 e. The topological polar surface area (TPSA) is 131 Å². The predicted octanol–water partition coefficient (Wildman–Crippen LogP) is 9.58. The minimum Gasteiger partial charge on any atom is -0.307 e. The third-order valence-electron chi connectivity index (χ3n) is 12.2. The summed E-state index contributed by atoms with van der Waals surface area (Å²) in [5.74, 6) is 2.71. The maximum atomic E-state index is 13.5. The number of amides is 1. The zero-order valence-corrected chi connectivity index (χ0v) is 37.0. The molecule has 4 atom stereocenters. The van der Waals surface area contributed by atoms with Gasteiger partial charge in [-0.15, -0.1) is 0 Å². The number of benzene rings is 3. The van der Waals surface area contributed by atoms with Gasteiger partial charge >= 0.3 is 0 Å². The van der Waals surface area contributed by atoms with E-state index in [9.17, 15) is 14.4 Å². The molecule has 3 aromatic rings. The molecule has 4 fully saturated rings. The molecule has 62 heavy (non-hydrogen) atoms. The van der Waals surface area contributed by atoms with Crippen molar-refractivity contribution in [2.75, 3.05) is 7.05 Å². The number of carbonyl (C=O) groups is 3. The van der Waals surface area contributed by atoms with Gasteiger partial charge in [0.25, 0.3) is 0 Å². The lowest BCUT2D eigenvalue weighted by atomic mass is 9.49. The Balaban J connectivity index is 0.000000157. The van der Waals surface area contributed by atoms with Gasteiger partial charge < -0.3 is 10.9 Å². The number of hydrogen-bond donors (Lipinski definition) is 2. The second kappa shape index (κ2) is 25.1. The van der Waals surface area contributed by atoms with E-state index in [0.29, 0.717) is 24.0 Å². The fourth-order valence-corrected chi connectivity index (χ4v) is 9.26. The molecule has 1 amide bonds. The summed E-state index contributed by atoms with van der Waals surface area (Å²) in [6, 6.07) is 32.2. The molecule has 11 nitrogen and oxygen atoms in total. The lowest BCUT2D eigenvalue weighted by Crippen LogP contribution is -2.53. The van der Waals surface area contributed by atoms with Gasteiger partial charge in [-0.25, -0.2) is 5.01 Å². The highest BCUT2D eigenvalue weighted by atomic mass is 16.2. The molecule has 4 saturated carbocycles. The zero-order chi connectivity index (χ0) is 44.0. The lowest BCUT2D eigenvalue weighted by molar-refractivity contribution is -0.159. The van der Waals surface area contributed by atoms with Gasteiger partial charge in [0.15, 0.2) is 0 Å². The van der Waals surface area contributed by atoms with Gasteiger partial charge in [0.05, 0.1) is 17.5 Å². The van der Waals surface area contributed by atoms with Gasteiger partial charge in [-0.3, -0.25) is 19.4 Å². The van der Waals surface area contributed by atoms with Crippen LogP contribution in [-0.2, 0) is 14.4 Å². The summed E-state index contributed by atoms with van der Waals surface area (Å²) in [6.45, 7) is 6.06. The van der Waals surface area contributed by atoms with Crippen molar-refractivity contribution < 1.29 is 14.4 Å². The van der Waals surface area contributed by atoms with Crippen LogP contribution in [0.1, 0.15) is 114 Å². The molecular formula is C51H66N8O3. The molecule has 328 valence electrons. The fraction of sp³-hybridized carbons (Fsp3) is 0.431. The number of nitrogens with zero attached hydrogens (tertiary/aromatic N) is 6. The van der Waals surface area contributed by atoms with Crippen molar-refractivity contribution in [3.8, 4) is 0 Å². The first kappa shape index (κ1) is 47.1. The number of hydrogen-bond acceptors (Lipinski definition) is 10. The van der Waals surface area contributed by atoms with E-state index in [1.54, 1.807) is 19.1 Å². The third kappa shape index (κ3) is 14.3. The molecule has 0 spiro atoms. The molecule has 0 saturated heterocycles. The zero-order valence-electron chi connectivity index (χ0n) is 37.0. The van der Waals surface area contributed by atoms with E-state index < -0.39 is 0 Å². The fourth-order valence-electron chi connectivity index (χ4n) is 9.26. The number of aldehydes is 2. The molecule has 0 aromatic heterocycles. The molecule has 0 radical (unpaired) electrons. The van der Waals surface area contributed by atoms with E-state index in [1.807, 2.05) is 84.4 Å². The van der Waals surface area contributed by atoms with E-state index in [-0.39, 0.29) is 11.5 Å². The van der Waals surface area contributed by atoms with Crippen molar-refractivity contribution in [3.05, 3.63) is 126 Å². The second-order valence-corrected chi connectivity index (χ2v) is 17.0. The standard InChI is InChI=1S/C20H24N2O.C9H10N2.C9H8O.C5H10N2.C4H8N2.C4H6O/c23-19(20-11-14-8-15(12-20)10-16(9-14)13-20)22-18(6-7-21-22)17-4-2-1-3-5-17;1-2-4-8(5-3-1)9-6-7-10-11-9;10-8-4-7-9-5-2-1-3-6-9;1-5-3-4-6-7(5)2;1-4-2-3-5-6-4;1-2-3-4-5/h1-5,7,14-16,18H,6,8-13H2;1-5,7,9,11H,6H2;1-8H;4-5H,3H2,1-2H3;3-4,6H,2H2,1H3;2-4H,1H3/b;;7-4+;;;3-2+. The van der Waals surface area contributed by atoms with Crippen LogP contribution >= 0.6 is 0 Å². The van der Waals surface area contributed by atoms with Gasteiger partial charge in [-0.1, -0.05) is 103 Å². The minimum atomic E-state index is -0.0938. The van der Waals surface area contributed by atoms with E-state index in [1.165, 1.54) is 42.5 Å². The van der Waals surface area contributed by atoms with E-state index >= 15 is 0 Å². The number of allylic oxidation sites excluding steroid dienone is 3. The summed E-state index contributed by atoms with van der Waals surface area (Å²) in [6.07, 6.45) is 27.1. The Morgan fingerprint density at radius 2 is 1.21 bits per heavy atom. The van der Waals surface area contributed by atoms with Gasteiger partial charge in [-0.05, 0) is 106 Å². The molecule has 4 heterocycles. The Morgan fingerprint density at radius 1 is 0.661 bits per heavy atom. The monoisotopic (exact) mass is 839 g/mol. The molecule has 2 N–H and O–H groups in total. The summed E-state index contributed by atoms with van der Waals surface area (Å²) in [7, 11) is 1.99. The molecular weight excluding hydrogens is 773 g/mol. The van der Waals surface area contributed by atoms with Crippen LogP contribution < -0.4 is 10.9 Å². The molecule has 11 rings (SSSR count). The maximum Gasteiger partial charge on any atom is 0.249 e. The van der Waals surface area contributed by atoms with Crippen LogP contribution in [0.15, 0.2) is 130 Å². The second-order valence-electron chi connectivity index (χ2n) is 17.0. The average molecular weight is 839 g/mol. The Labute approximate surface area is 369 Å². The molecule has 4 aliphatic carbocycles. The predicted molar refractivity (Wildman–Crippen MR) is 254 cm³/mol. The van der Waals surface area contributed by atoms with Gasteiger partial charge in [0.1, 0.15) is 12.6 Å². The maximum absolute atomic E-state index is 13.5. The van der Waals surface area contributed by atoms with Crippen molar-refractivity contribution in [2.45, 2.75) is 109 Å². The molecule has 4 aliphatic heterocycles. The Bertz CT molecular complexity index is 1930. The Morgan fingerprint density at radius 3 is 1.63 bits per heavy atom. The summed E-state index contributed by atoms with van der Waals surface area (Å²) in [5, 5.41) is 20.1. The van der Waals surface area contributed by atoms with Gasteiger partial charge in [-0.2, -0.15) is 20.4 Å². The first-order valence-electron chi connectivity index (χ1n) is 22.2. The number of carbonyl (C=O) groups excluding carboxylic acids is 3. The first-order chi connectivity index (χ1) is 30.2. The SMILES string of the molecule is C/C=C/C=O.C1=NNC(c2ccccc2)C1.CC1CC=NN1.CC1CC=NN1C.O=C(N1N=CCC1c1ccccc1)C12CC3CC(CC(C3)C1)C2.O=C/C=C/c1ccccc1. The molecule has 4 bridgehead atoms. The summed E-state index contributed by atoms with van der Waals surface area (Å²) >= 11 is 0. The number of nitrogens with one attached hydrogen (secondary N) is 2. The van der Waals surface area contributed by atoms with Crippen molar-refractivity contribution in [2.24, 2.45) is 43.6 Å². The van der Waals surface area contributed by atoms with Crippen LogP contribution in [0.5, 0.6) is 0 Å². The van der Waals surface area contributed by atoms with Crippen LogP contribution in [-0.4, -0.2) is 72.5 Å². The van der Waals surface area contributed by atoms with Gasteiger partial charge in [0.2, 0.25) is 5.91 Å². The highest BCUT2D eigenvalue weighted by Gasteiger charge is 2.56. The molecule has 8 aliphatic rings. The number of rotatable bonds is 6. The van der Waals surface area contributed by atoms with E-state index in [2.05, 4.69) is 93.6 Å². The summed E-state index contributed by atoms with van der Waals surface area (Å²) in [4.78, 5) is 32.7. The highest BCUT2D eigenvalue weighted by Crippen LogP contribution is 2.61. The van der Waals surface area contributed by atoms with Crippen molar-refractivity contribution in [1.82, 2.24) is 20.9 Å². The Kier molecular flexibility index (Phi) is 19.0.